The van der Waals surface area contributed by atoms with E-state index in [4.69, 9.17) is 22.1 Å². The molecule has 2 N–H and O–H groups in total. The van der Waals surface area contributed by atoms with E-state index in [0.29, 0.717) is 5.92 Å². The molecule has 0 atom stereocenters. The van der Waals surface area contributed by atoms with Crippen LogP contribution >= 0.6 is 11.6 Å². The third-order valence-corrected chi connectivity index (χ3v) is 4.11. The molecular weight excluding hydrogens is 258 g/mol. The van der Waals surface area contributed by atoms with Crippen molar-refractivity contribution in [3.05, 3.63) is 28.8 Å². The van der Waals surface area contributed by atoms with Crippen molar-refractivity contribution in [1.29, 1.82) is 0 Å². The second kappa shape index (κ2) is 7.76. The highest BCUT2D eigenvalue weighted by Crippen LogP contribution is 2.38. The van der Waals surface area contributed by atoms with E-state index in [1.54, 1.807) is 0 Å². The highest BCUT2D eigenvalue weighted by molar-refractivity contribution is 6.30. The molecule has 1 aliphatic rings. The van der Waals surface area contributed by atoms with Crippen molar-refractivity contribution < 1.29 is 4.74 Å². The molecule has 19 heavy (non-hydrogen) atoms. The van der Waals surface area contributed by atoms with Crippen LogP contribution in [0, 0.1) is 0 Å². The maximum atomic E-state index is 6.15. The average molecular weight is 282 g/mol. The van der Waals surface area contributed by atoms with Gasteiger partial charge in [0.05, 0.1) is 6.61 Å². The van der Waals surface area contributed by atoms with Crippen molar-refractivity contribution in [2.24, 2.45) is 5.73 Å². The van der Waals surface area contributed by atoms with Crippen molar-refractivity contribution in [2.75, 3.05) is 13.2 Å². The maximum absolute atomic E-state index is 6.15. The first kappa shape index (κ1) is 14.7. The topological polar surface area (TPSA) is 35.2 Å². The van der Waals surface area contributed by atoms with Gasteiger partial charge in [-0.1, -0.05) is 30.9 Å². The largest absolute Gasteiger partial charge is 0.493 e. The molecule has 0 aromatic heterocycles. The lowest BCUT2D eigenvalue weighted by molar-refractivity contribution is 0.299. The Bertz CT molecular complexity index is 388. The monoisotopic (exact) mass is 281 g/mol. The average Bonchev–Trinajstić information content (AvgIpc) is 2.46. The Kier molecular flexibility index (Phi) is 5.99. The minimum absolute atomic E-state index is 0.622. The number of rotatable bonds is 6. The Morgan fingerprint density at radius 3 is 2.68 bits per heavy atom. The van der Waals surface area contributed by atoms with E-state index < -0.39 is 0 Å². The normalized spacial score (nSPS) is 16.5. The molecule has 0 amide bonds. The van der Waals surface area contributed by atoms with Gasteiger partial charge >= 0.3 is 0 Å². The lowest BCUT2D eigenvalue weighted by Gasteiger charge is -2.24. The Labute approximate surface area is 121 Å². The fourth-order valence-corrected chi connectivity index (χ4v) is 2.99. The third kappa shape index (κ3) is 4.39. The summed E-state index contributed by atoms with van der Waals surface area (Å²) < 4.78 is 5.93. The summed E-state index contributed by atoms with van der Waals surface area (Å²) in [6, 6.07) is 6.04. The van der Waals surface area contributed by atoms with Crippen LogP contribution in [0.3, 0.4) is 0 Å². The number of unbranched alkanes of at least 4 members (excludes halogenated alkanes) is 1. The van der Waals surface area contributed by atoms with E-state index in [2.05, 4.69) is 6.07 Å². The van der Waals surface area contributed by atoms with Crippen LogP contribution < -0.4 is 10.5 Å². The molecule has 1 aromatic carbocycles. The van der Waals surface area contributed by atoms with Gasteiger partial charge in [-0.15, -0.1) is 0 Å². The fraction of sp³-hybridized carbons (Fsp3) is 0.625. The summed E-state index contributed by atoms with van der Waals surface area (Å²) in [6.45, 7) is 1.48. The lowest BCUT2D eigenvalue weighted by atomic mass is 9.84. The van der Waals surface area contributed by atoms with Crippen LogP contribution in [0.25, 0.3) is 0 Å². The molecule has 1 aliphatic carbocycles. The quantitative estimate of drug-likeness (QED) is 0.779. The van der Waals surface area contributed by atoms with Crippen LogP contribution in [0.15, 0.2) is 18.2 Å². The van der Waals surface area contributed by atoms with E-state index in [1.807, 2.05) is 12.1 Å². The van der Waals surface area contributed by atoms with Crippen LogP contribution in [-0.2, 0) is 0 Å². The summed E-state index contributed by atoms with van der Waals surface area (Å²) in [4.78, 5) is 0. The molecule has 1 fully saturated rings. The smallest absolute Gasteiger partial charge is 0.122 e. The van der Waals surface area contributed by atoms with Gasteiger partial charge in [-0.05, 0) is 61.9 Å². The molecule has 0 spiro atoms. The predicted molar refractivity (Wildman–Crippen MR) is 81.1 cm³/mol. The van der Waals surface area contributed by atoms with Crippen LogP contribution in [0.5, 0.6) is 5.75 Å². The van der Waals surface area contributed by atoms with Crippen molar-refractivity contribution in [2.45, 2.75) is 50.9 Å². The van der Waals surface area contributed by atoms with Crippen molar-refractivity contribution in [1.82, 2.24) is 0 Å². The molecular formula is C16H24ClNO. The van der Waals surface area contributed by atoms with E-state index in [9.17, 15) is 0 Å². The number of halogens is 1. The molecule has 0 heterocycles. The van der Waals surface area contributed by atoms with Gasteiger partial charge in [0.15, 0.2) is 0 Å². The number of ether oxygens (including phenoxy) is 1. The molecule has 0 saturated heterocycles. The SMILES string of the molecule is NCCCCOc1ccc(Cl)cc1C1CCCCC1. The molecule has 1 aromatic rings. The van der Waals surface area contributed by atoms with Crippen LogP contribution in [0.4, 0.5) is 0 Å². The summed E-state index contributed by atoms with van der Waals surface area (Å²) in [5.74, 6) is 1.64. The molecule has 106 valence electrons. The van der Waals surface area contributed by atoms with Crippen molar-refractivity contribution in [3.63, 3.8) is 0 Å². The van der Waals surface area contributed by atoms with Crippen LogP contribution in [-0.4, -0.2) is 13.2 Å². The molecule has 2 nitrogen and oxygen atoms in total. The van der Waals surface area contributed by atoms with E-state index in [0.717, 1.165) is 36.8 Å². The summed E-state index contributed by atoms with van der Waals surface area (Å²) in [5, 5.41) is 0.815. The third-order valence-electron chi connectivity index (χ3n) is 3.87. The Morgan fingerprint density at radius 1 is 1.16 bits per heavy atom. The van der Waals surface area contributed by atoms with Gasteiger partial charge in [0, 0.05) is 5.02 Å². The molecule has 0 aliphatic heterocycles. The lowest BCUT2D eigenvalue weighted by Crippen LogP contribution is -2.09. The molecule has 2 rings (SSSR count). The van der Waals surface area contributed by atoms with Crippen LogP contribution in [0.2, 0.25) is 5.02 Å². The van der Waals surface area contributed by atoms with Gasteiger partial charge in [0.2, 0.25) is 0 Å². The minimum Gasteiger partial charge on any atom is -0.493 e. The Morgan fingerprint density at radius 2 is 1.95 bits per heavy atom. The molecule has 0 unspecified atom stereocenters. The first-order valence-electron chi connectivity index (χ1n) is 7.43. The first-order chi connectivity index (χ1) is 9.31. The summed E-state index contributed by atoms with van der Waals surface area (Å²) in [7, 11) is 0. The predicted octanol–water partition coefficient (Wildman–Crippen LogP) is 4.51. The van der Waals surface area contributed by atoms with Gasteiger partial charge in [0.25, 0.3) is 0 Å². The Hall–Kier alpha value is -0.730. The highest BCUT2D eigenvalue weighted by Gasteiger charge is 2.19. The zero-order valence-corrected chi connectivity index (χ0v) is 12.3. The summed E-state index contributed by atoms with van der Waals surface area (Å²) >= 11 is 6.15. The number of nitrogens with two attached hydrogens (primary N) is 1. The molecule has 1 saturated carbocycles. The summed E-state index contributed by atoms with van der Waals surface area (Å²) in [5.41, 5.74) is 6.81. The van der Waals surface area contributed by atoms with Gasteiger partial charge in [-0.25, -0.2) is 0 Å². The van der Waals surface area contributed by atoms with Crippen molar-refractivity contribution >= 4 is 11.6 Å². The van der Waals surface area contributed by atoms with Crippen molar-refractivity contribution in [3.8, 4) is 5.75 Å². The Balaban J connectivity index is 2.03. The first-order valence-corrected chi connectivity index (χ1v) is 7.81. The standard InChI is InChI=1S/C16H24ClNO/c17-14-8-9-16(19-11-5-4-10-18)15(12-14)13-6-2-1-3-7-13/h8-9,12-13H,1-7,10-11,18H2. The summed E-state index contributed by atoms with van der Waals surface area (Å²) in [6.07, 6.45) is 8.58. The number of hydrogen-bond donors (Lipinski definition) is 1. The molecule has 0 radical (unpaired) electrons. The van der Waals surface area contributed by atoms with Gasteiger partial charge < -0.3 is 10.5 Å². The molecule has 0 bridgehead atoms. The van der Waals surface area contributed by atoms with Gasteiger partial charge in [0.1, 0.15) is 5.75 Å². The van der Waals surface area contributed by atoms with E-state index in [1.165, 1.54) is 37.7 Å². The number of benzene rings is 1. The zero-order valence-electron chi connectivity index (χ0n) is 11.5. The van der Waals surface area contributed by atoms with E-state index in [-0.39, 0.29) is 0 Å². The molecule has 3 heteroatoms. The second-order valence-electron chi connectivity index (χ2n) is 5.36. The maximum Gasteiger partial charge on any atom is 0.122 e. The fourth-order valence-electron chi connectivity index (χ4n) is 2.81. The van der Waals surface area contributed by atoms with E-state index >= 15 is 0 Å². The van der Waals surface area contributed by atoms with Crippen LogP contribution in [0.1, 0.15) is 56.4 Å². The van der Waals surface area contributed by atoms with Gasteiger partial charge in [-0.2, -0.15) is 0 Å². The minimum atomic E-state index is 0.622. The van der Waals surface area contributed by atoms with Gasteiger partial charge in [-0.3, -0.25) is 0 Å². The highest BCUT2D eigenvalue weighted by atomic mass is 35.5. The number of hydrogen-bond acceptors (Lipinski definition) is 2. The second-order valence-corrected chi connectivity index (χ2v) is 5.80. The zero-order chi connectivity index (χ0) is 13.5.